The summed E-state index contributed by atoms with van der Waals surface area (Å²) < 4.78 is 1.27. The third-order valence-corrected chi connectivity index (χ3v) is 6.62. The summed E-state index contributed by atoms with van der Waals surface area (Å²) >= 11 is 6.32. The van der Waals surface area contributed by atoms with Crippen molar-refractivity contribution in [1.29, 1.82) is 0 Å². The second-order valence-electron chi connectivity index (χ2n) is 8.76. The number of hydrogen-bond acceptors (Lipinski definition) is 6. The number of halogens is 1. The molecule has 2 aliphatic heterocycles. The first-order valence-electron chi connectivity index (χ1n) is 11.4. The molecule has 0 unspecified atom stereocenters. The number of carbonyl (C=O) groups excluding carboxylic acids is 2. The molecule has 2 aromatic rings. The predicted octanol–water partition coefficient (Wildman–Crippen LogP) is 2.49. The predicted molar refractivity (Wildman–Crippen MR) is 128 cm³/mol. The lowest BCUT2D eigenvalue weighted by atomic mass is 9.97. The molecule has 0 aliphatic carbocycles. The molecule has 0 bridgehead atoms. The molecule has 2 amide bonds. The number of rotatable bonds is 5. The molecule has 10 heteroatoms. The van der Waals surface area contributed by atoms with Crippen LogP contribution in [0.4, 0.5) is 16.3 Å². The molecule has 4 rings (SSSR count). The second kappa shape index (κ2) is 10.5. The number of piperidine rings is 1. The summed E-state index contributed by atoms with van der Waals surface area (Å²) in [7, 11) is 0. The summed E-state index contributed by atoms with van der Waals surface area (Å²) in [5, 5.41) is 16.9. The minimum atomic E-state index is -0.222. The highest BCUT2D eigenvalue weighted by atomic mass is 35.5. The van der Waals surface area contributed by atoms with Gasteiger partial charge in [-0.25, -0.2) is 4.79 Å². The van der Waals surface area contributed by atoms with Gasteiger partial charge in [-0.05, 0) is 36.5 Å². The van der Waals surface area contributed by atoms with Crippen LogP contribution in [0.25, 0.3) is 0 Å². The van der Waals surface area contributed by atoms with Gasteiger partial charge in [-0.3, -0.25) is 9.69 Å². The van der Waals surface area contributed by atoms with E-state index in [4.69, 9.17) is 11.6 Å². The molecule has 2 N–H and O–H groups in total. The average molecular weight is 475 g/mol. The van der Waals surface area contributed by atoms with Crippen molar-refractivity contribution in [3.8, 4) is 0 Å². The first kappa shape index (κ1) is 23.5. The number of aliphatic hydroxyl groups is 1. The first-order valence-corrected chi connectivity index (χ1v) is 11.8. The fraction of sp³-hybridized carbons (Fsp3) is 0.522. The van der Waals surface area contributed by atoms with Gasteiger partial charge in [-0.2, -0.15) is 4.68 Å². The van der Waals surface area contributed by atoms with Gasteiger partial charge in [0, 0.05) is 82.3 Å². The van der Waals surface area contributed by atoms with Gasteiger partial charge in [0.1, 0.15) is 0 Å². The Kier molecular flexibility index (Phi) is 7.52. The van der Waals surface area contributed by atoms with E-state index in [0.717, 1.165) is 50.6 Å². The zero-order valence-electron chi connectivity index (χ0n) is 18.9. The third kappa shape index (κ3) is 5.85. The Hall–Kier alpha value is -2.62. The molecule has 1 aromatic heterocycles. The average Bonchev–Trinajstić information content (AvgIpc) is 3.28. The van der Waals surface area contributed by atoms with E-state index >= 15 is 0 Å². The van der Waals surface area contributed by atoms with Crippen molar-refractivity contribution < 1.29 is 14.7 Å². The highest BCUT2D eigenvalue weighted by Gasteiger charge is 2.25. The van der Waals surface area contributed by atoms with E-state index in [9.17, 15) is 14.7 Å². The fourth-order valence-corrected chi connectivity index (χ4v) is 4.65. The summed E-state index contributed by atoms with van der Waals surface area (Å²) in [6.45, 7) is 7.05. The minimum Gasteiger partial charge on any atom is -0.396 e. The van der Waals surface area contributed by atoms with Crippen LogP contribution >= 0.6 is 11.6 Å². The molecule has 0 atom stereocenters. The Labute approximate surface area is 198 Å². The van der Waals surface area contributed by atoms with Crippen LogP contribution in [0.3, 0.4) is 0 Å². The number of benzene rings is 1. The van der Waals surface area contributed by atoms with E-state index in [1.54, 1.807) is 17.2 Å². The number of hydrogen-bond donors (Lipinski definition) is 2. The topological polar surface area (TPSA) is 93.9 Å². The van der Waals surface area contributed by atoms with Crippen molar-refractivity contribution in [3.63, 3.8) is 0 Å². The molecule has 0 saturated carbocycles. The lowest BCUT2D eigenvalue weighted by Gasteiger charge is -2.37. The van der Waals surface area contributed by atoms with Crippen LogP contribution in [0.2, 0.25) is 5.02 Å². The zero-order valence-corrected chi connectivity index (χ0v) is 19.7. The molecule has 3 heterocycles. The largest absolute Gasteiger partial charge is 0.396 e. The SMILES string of the molecule is CC(=O)Nc1ccn(C(=O)N2CCN(Cc3ccc(Cl)cc3N3CCC(CO)CC3)CC2)n1. The van der Waals surface area contributed by atoms with E-state index in [2.05, 4.69) is 26.3 Å². The normalized spacial score (nSPS) is 17.9. The van der Waals surface area contributed by atoms with Gasteiger partial charge in [0.25, 0.3) is 0 Å². The number of anilines is 2. The number of nitrogens with one attached hydrogen (secondary N) is 1. The monoisotopic (exact) mass is 474 g/mol. The Bertz CT molecular complexity index is 980. The number of carbonyl (C=O) groups is 2. The maximum absolute atomic E-state index is 12.8. The quantitative estimate of drug-likeness (QED) is 0.691. The Morgan fingerprint density at radius 1 is 1.12 bits per heavy atom. The Morgan fingerprint density at radius 2 is 1.85 bits per heavy atom. The zero-order chi connectivity index (χ0) is 23.4. The highest BCUT2D eigenvalue weighted by Crippen LogP contribution is 2.30. The molecule has 9 nitrogen and oxygen atoms in total. The van der Waals surface area contributed by atoms with Gasteiger partial charge in [-0.1, -0.05) is 17.7 Å². The van der Waals surface area contributed by atoms with Crippen LogP contribution in [0, 0.1) is 5.92 Å². The van der Waals surface area contributed by atoms with Crippen LogP contribution < -0.4 is 10.2 Å². The highest BCUT2D eigenvalue weighted by molar-refractivity contribution is 6.30. The summed E-state index contributed by atoms with van der Waals surface area (Å²) in [5.41, 5.74) is 2.40. The minimum absolute atomic E-state index is 0.190. The lowest BCUT2D eigenvalue weighted by molar-refractivity contribution is -0.114. The summed E-state index contributed by atoms with van der Waals surface area (Å²) in [4.78, 5) is 30.4. The molecule has 2 saturated heterocycles. The maximum atomic E-state index is 12.8. The molecule has 1 aromatic carbocycles. The van der Waals surface area contributed by atoms with Gasteiger partial charge >= 0.3 is 6.03 Å². The standard InChI is InChI=1S/C23H31ClN6O3/c1-17(32)25-22-6-9-30(26-22)23(33)29-12-10-27(11-13-29)15-19-2-3-20(24)14-21(19)28-7-4-18(16-31)5-8-28/h2-3,6,9,14,18,31H,4-5,7-8,10-13,15-16H2,1H3,(H,25,26,32). The van der Waals surface area contributed by atoms with E-state index in [0.29, 0.717) is 24.8 Å². The Morgan fingerprint density at radius 3 is 2.52 bits per heavy atom. The van der Waals surface area contributed by atoms with Crippen molar-refractivity contribution in [2.45, 2.75) is 26.3 Å². The lowest BCUT2D eigenvalue weighted by Crippen LogP contribution is -2.49. The van der Waals surface area contributed by atoms with Gasteiger partial charge < -0.3 is 20.2 Å². The number of aromatic nitrogens is 2. The van der Waals surface area contributed by atoms with Crippen LogP contribution in [0.1, 0.15) is 25.3 Å². The van der Waals surface area contributed by atoms with Crippen molar-refractivity contribution in [1.82, 2.24) is 19.6 Å². The van der Waals surface area contributed by atoms with Crippen LogP contribution in [-0.2, 0) is 11.3 Å². The van der Waals surface area contributed by atoms with Crippen molar-refractivity contribution in [2.75, 3.05) is 56.1 Å². The van der Waals surface area contributed by atoms with Crippen LogP contribution in [0.15, 0.2) is 30.5 Å². The van der Waals surface area contributed by atoms with Gasteiger partial charge in [0.2, 0.25) is 5.91 Å². The molecule has 0 spiro atoms. The molecular formula is C23H31ClN6O3. The molecule has 33 heavy (non-hydrogen) atoms. The summed E-state index contributed by atoms with van der Waals surface area (Å²) in [6, 6.07) is 7.50. The van der Waals surface area contributed by atoms with E-state index < -0.39 is 0 Å². The van der Waals surface area contributed by atoms with Crippen LogP contribution in [-0.4, -0.2) is 82.5 Å². The van der Waals surface area contributed by atoms with Gasteiger partial charge in [0.05, 0.1) is 0 Å². The maximum Gasteiger partial charge on any atom is 0.344 e. The Balaban J connectivity index is 1.35. The molecule has 178 valence electrons. The smallest absolute Gasteiger partial charge is 0.344 e. The second-order valence-corrected chi connectivity index (χ2v) is 9.19. The van der Waals surface area contributed by atoms with Crippen molar-refractivity contribution in [3.05, 3.63) is 41.0 Å². The number of piperazine rings is 1. The number of amides is 2. The summed E-state index contributed by atoms with van der Waals surface area (Å²) in [6.07, 6.45) is 3.54. The summed E-state index contributed by atoms with van der Waals surface area (Å²) in [5.74, 6) is 0.534. The van der Waals surface area contributed by atoms with E-state index in [1.165, 1.54) is 22.9 Å². The first-order chi connectivity index (χ1) is 15.9. The van der Waals surface area contributed by atoms with E-state index in [-0.39, 0.29) is 18.5 Å². The van der Waals surface area contributed by atoms with E-state index in [1.807, 2.05) is 12.1 Å². The van der Waals surface area contributed by atoms with Crippen LogP contribution in [0.5, 0.6) is 0 Å². The van der Waals surface area contributed by atoms with Crippen molar-refractivity contribution in [2.24, 2.45) is 5.92 Å². The fourth-order valence-electron chi connectivity index (χ4n) is 4.48. The molecule has 2 fully saturated rings. The third-order valence-electron chi connectivity index (χ3n) is 6.39. The van der Waals surface area contributed by atoms with Gasteiger partial charge in [-0.15, -0.1) is 5.10 Å². The van der Waals surface area contributed by atoms with Gasteiger partial charge in [0.15, 0.2) is 5.82 Å². The number of nitrogens with zero attached hydrogens (tertiary/aromatic N) is 5. The van der Waals surface area contributed by atoms with Crippen molar-refractivity contribution >= 4 is 35.0 Å². The molecule has 2 aliphatic rings. The molecule has 0 radical (unpaired) electrons. The number of aliphatic hydroxyl groups excluding tert-OH is 1. The molecular weight excluding hydrogens is 444 g/mol.